The molecule has 0 bridgehead atoms. The van der Waals surface area contributed by atoms with Crippen LogP contribution in [0.4, 0.5) is 0 Å². The maximum Gasteiger partial charge on any atom is 0.294 e. The van der Waals surface area contributed by atoms with Crippen LogP contribution in [0.3, 0.4) is 0 Å². The van der Waals surface area contributed by atoms with E-state index in [2.05, 4.69) is 20.5 Å². The van der Waals surface area contributed by atoms with Crippen LogP contribution in [-0.2, 0) is 33.1 Å². The number of para-hydroxylation sites is 1. The summed E-state index contributed by atoms with van der Waals surface area (Å²) in [6, 6.07) is 10.4. The monoisotopic (exact) mass is 589 g/mol. The van der Waals surface area contributed by atoms with E-state index < -0.39 is 30.0 Å². The van der Waals surface area contributed by atoms with E-state index in [1.807, 2.05) is 12.1 Å². The molecule has 8 nitrogen and oxygen atoms in total. The standard InChI is InChI=1S/C25H20BrNO7S2/c26-20-7-1-5-17-22(16-9-8-15(35(28,29)30)13-21(16)36(31,32)33)19-12-14-4-2-10-27-11-3-6-18(23(14)27)24(19)34-25(17)20/h1,5,7-9,12-13H,2-4,6,10-11H2,(H-,28,29,30,31,32,33). The van der Waals surface area contributed by atoms with E-state index in [1.54, 1.807) is 12.1 Å². The lowest BCUT2D eigenvalue weighted by atomic mass is 9.87. The molecule has 6 rings (SSSR count). The lowest BCUT2D eigenvalue weighted by Crippen LogP contribution is -2.45. The van der Waals surface area contributed by atoms with Crippen LogP contribution in [0.5, 0.6) is 11.5 Å². The van der Waals surface area contributed by atoms with Crippen LogP contribution in [0, 0.1) is 0 Å². The highest BCUT2D eigenvalue weighted by Crippen LogP contribution is 2.43. The second kappa shape index (κ2) is 8.22. The average molecular weight is 590 g/mol. The summed E-state index contributed by atoms with van der Waals surface area (Å²) in [4.78, 5) is -1.39. The van der Waals surface area contributed by atoms with Gasteiger partial charge in [-0.25, -0.2) is 13.0 Å². The van der Waals surface area contributed by atoms with E-state index in [9.17, 15) is 25.9 Å². The molecule has 3 aromatic rings. The summed E-state index contributed by atoms with van der Waals surface area (Å²) in [5, 5.41) is 1.82. The van der Waals surface area contributed by atoms with Gasteiger partial charge in [0.05, 0.1) is 19.8 Å². The van der Waals surface area contributed by atoms with Crippen LogP contribution in [0.1, 0.15) is 35.1 Å². The third-order valence-corrected chi connectivity index (χ3v) is 9.32. The number of fused-ring (bicyclic) bond motifs is 3. The molecule has 0 aromatic heterocycles. The first kappa shape index (κ1) is 23.8. The fraction of sp³-hybridized carbons (Fsp3) is 0.240. The molecule has 3 aromatic carbocycles. The molecule has 0 saturated heterocycles. The van der Waals surface area contributed by atoms with Crippen molar-refractivity contribution in [2.45, 2.75) is 35.5 Å². The summed E-state index contributed by atoms with van der Waals surface area (Å²) in [5.74, 6) is 1.10. The van der Waals surface area contributed by atoms with Gasteiger partial charge < -0.3 is 9.29 Å². The molecule has 3 aliphatic rings. The molecular weight excluding hydrogens is 570 g/mol. The van der Waals surface area contributed by atoms with Crippen molar-refractivity contribution in [3.8, 4) is 11.5 Å². The number of ether oxygens (including phenoxy) is 1. The van der Waals surface area contributed by atoms with Crippen LogP contribution in [0.2, 0.25) is 0 Å². The van der Waals surface area contributed by atoms with Gasteiger partial charge in [-0.1, -0.05) is 18.2 Å². The lowest BCUT2D eigenvalue weighted by Gasteiger charge is -2.27. The summed E-state index contributed by atoms with van der Waals surface area (Å²) in [7, 11) is -9.85. The molecule has 0 amide bonds. The molecule has 0 unspecified atom stereocenters. The predicted molar refractivity (Wildman–Crippen MR) is 133 cm³/mol. The number of rotatable bonds is 3. The SMILES string of the molecule is O=S(=O)([O-])c1cc(S(=O)(=O)O)ccc1C1=c2cc3c4c(c2Oc2c(Br)cccc21)CCC[N+]=4CCC3. The smallest absolute Gasteiger partial charge is 0.294 e. The van der Waals surface area contributed by atoms with Gasteiger partial charge in [0.25, 0.3) is 10.1 Å². The van der Waals surface area contributed by atoms with E-state index >= 15 is 0 Å². The zero-order chi connectivity index (χ0) is 25.4. The first-order chi connectivity index (χ1) is 17.0. The van der Waals surface area contributed by atoms with Gasteiger partial charge in [0.2, 0.25) is 5.36 Å². The Labute approximate surface area is 216 Å². The quantitative estimate of drug-likeness (QED) is 0.287. The second-order valence-electron chi connectivity index (χ2n) is 9.11. The molecule has 0 radical (unpaired) electrons. The number of benzene rings is 3. The van der Waals surface area contributed by atoms with Crippen molar-refractivity contribution in [3.63, 3.8) is 0 Å². The van der Waals surface area contributed by atoms with Crippen molar-refractivity contribution in [2.75, 3.05) is 13.1 Å². The molecule has 36 heavy (non-hydrogen) atoms. The van der Waals surface area contributed by atoms with Crippen molar-refractivity contribution in [3.05, 3.63) is 79.8 Å². The molecule has 3 aliphatic heterocycles. The van der Waals surface area contributed by atoms with Gasteiger partial charge in [-0.05, 0) is 53.0 Å². The fourth-order valence-corrected chi connectivity index (χ4v) is 7.30. The van der Waals surface area contributed by atoms with Crippen LogP contribution < -0.4 is 19.9 Å². The molecule has 3 heterocycles. The Kier molecular flexibility index (Phi) is 5.44. The predicted octanol–water partition coefficient (Wildman–Crippen LogP) is 2.34. The van der Waals surface area contributed by atoms with Crippen molar-refractivity contribution >= 4 is 41.7 Å². The maximum atomic E-state index is 12.4. The molecule has 1 N–H and O–H groups in total. The van der Waals surface area contributed by atoms with Gasteiger partial charge in [-0.15, -0.1) is 0 Å². The number of aryl methyl sites for hydroxylation is 1. The molecular formula is C25H20BrNO7S2. The highest BCUT2D eigenvalue weighted by atomic mass is 79.9. The van der Waals surface area contributed by atoms with Gasteiger partial charge in [0, 0.05) is 40.3 Å². The van der Waals surface area contributed by atoms with Gasteiger partial charge in [0.15, 0.2) is 0 Å². The minimum Gasteiger partial charge on any atom is -0.744 e. The Bertz CT molecular complexity index is 1830. The van der Waals surface area contributed by atoms with Crippen LogP contribution in [0.25, 0.3) is 5.57 Å². The second-order valence-corrected chi connectivity index (χ2v) is 12.7. The van der Waals surface area contributed by atoms with Crippen molar-refractivity contribution < 1.29 is 30.7 Å². The Morgan fingerprint density at radius 1 is 0.944 bits per heavy atom. The van der Waals surface area contributed by atoms with Crippen molar-refractivity contribution in [1.29, 1.82) is 0 Å². The number of hydrogen-bond acceptors (Lipinski definition) is 6. The Morgan fingerprint density at radius 2 is 1.69 bits per heavy atom. The Morgan fingerprint density at radius 3 is 2.42 bits per heavy atom. The summed E-state index contributed by atoms with van der Waals surface area (Å²) >= 11 is 3.54. The summed E-state index contributed by atoms with van der Waals surface area (Å²) in [6.45, 7) is 1.93. The fourth-order valence-electron chi connectivity index (χ4n) is 5.56. The Balaban J connectivity index is 1.82. The minimum absolute atomic E-state index is 0.0527. The van der Waals surface area contributed by atoms with Crippen molar-refractivity contribution in [2.24, 2.45) is 0 Å². The van der Waals surface area contributed by atoms with E-state index in [0.717, 1.165) is 62.0 Å². The minimum atomic E-state index is -5.12. The third kappa shape index (κ3) is 3.72. The average Bonchev–Trinajstić information content (AvgIpc) is 2.82. The zero-order valence-electron chi connectivity index (χ0n) is 18.8. The van der Waals surface area contributed by atoms with Gasteiger partial charge >= 0.3 is 0 Å². The summed E-state index contributed by atoms with van der Waals surface area (Å²) in [6.07, 6.45) is 3.60. The summed E-state index contributed by atoms with van der Waals surface area (Å²) < 4.78 is 79.6. The summed E-state index contributed by atoms with van der Waals surface area (Å²) in [5.41, 5.74) is 3.27. The van der Waals surface area contributed by atoms with Crippen molar-refractivity contribution in [1.82, 2.24) is 4.58 Å². The van der Waals surface area contributed by atoms with E-state index in [-0.39, 0.29) is 5.56 Å². The lowest BCUT2D eigenvalue weighted by molar-refractivity contribution is 0.435. The topological polar surface area (TPSA) is 124 Å². The molecule has 0 fully saturated rings. The first-order valence-corrected chi connectivity index (χ1v) is 15.0. The highest BCUT2D eigenvalue weighted by Gasteiger charge is 2.32. The molecule has 11 heteroatoms. The molecule has 0 aliphatic carbocycles. The van der Waals surface area contributed by atoms with Crippen LogP contribution in [0.15, 0.2) is 56.7 Å². The first-order valence-electron chi connectivity index (χ1n) is 11.4. The number of halogens is 1. The van der Waals surface area contributed by atoms with E-state index in [4.69, 9.17) is 4.74 Å². The van der Waals surface area contributed by atoms with E-state index in [0.29, 0.717) is 32.3 Å². The maximum absolute atomic E-state index is 12.4. The number of nitrogens with zero attached hydrogens (tertiary/aromatic N) is 1. The van der Waals surface area contributed by atoms with Gasteiger partial charge in [-0.2, -0.15) is 8.42 Å². The largest absolute Gasteiger partial charge is 0.744 e. The van der Waals surface area contributed by atoms with Crippen LogP contribution in [-0.4, -0.2) is 39.0 Å². The Hall–Kier alpha value is -2.57. The van der Waals surface area contributed by atoms with Crippen LogP contribution >= 0.6 is 15.9 Å². The number of hydrogen-bond donors (Lipinski definition) is 1. The molecule has 186 valence electrons. The molecule has 0 saturated carbocycles. The van der Waals surface area contributed by atoms with E-state index in [1.165, 1.54) is 11.4 Å². The third-order valence-electron chi connectivity index (χ3n) is 6.97. The zero-order valence-corrected chi connectivity index (χ0v) is 22.0. The van der Waals surface area contributed by atoms with Gasteiger partial charge in [-0.3, -0.25) is 4.55 Å². The van der Waals surface area contributed by atoms with Gasteiger partial charge in [0.1, 0.15) is 34.7 Å². The highest BCUT2D eigenvalue weighted by molar-refractivity contribution is 9.10. The normalized spacial score (nSPS) is 16.6. The molecule has 0 atom stereocenters. The molecule has 0 spiro atoms.